The number of aromatic hydroxyl groups is 1. The number of methoxy groups -OCH3 is 1. The monoisotopic (exact) mass is 285 g/mol. The van der Waals surface area contributed by atoms with E-state index >= 15 is 0 Å². The lowest BCUT2D eigenvalue weighted by atomic mass is 10.0. The maximum Gasteiger partial charge on any atom is 0.162 e. The summed E-state index contributed by atoms with van der Waals surface area (Å²) in [6.45, 7) is 1.08. The summed E-state index contributed by atoms with van der Waals surface area (Å²) in [5.74, 6) is 0.793. The van der Waals surface area contributed by atoms with Gasteiger partial charge in [0.2, 0.25) is 0 Å². The van der Waals surface area contributed by atoms with E-state index in [0.717, 1.165) is 23.0 Å². The van der Waals surface area contributed by atoms with E-state index in [1.54, 1.807) is 13.2 Å². The standard InChI is InChI=1S/C12H16BrNO2/c1-16-11-5-4-10(13)9(12(11)15)7-8-3-2-6-14-8/h4-5,8,14-15H,2-3,6-7H2,1H3. The number of hydrogen-bond donors (Lipinski definition) is 2. The maximum absolute atomic E-state index is 10.0. The predicted octanol–water partition coefficient (Wildman–Crippen LogP) is 2.46. The highest BCUT2D eigenvalue weighted by molar-refractivity contribution is 9.10. The van der Waals surface area contributed by atoms with Crippen LogP contribution >= 0.6 is 15.9 Å². The van der Waals surface area contributed by atoms with E-state index in [0.29, 0.717) is 11.8 Å². The van der Waals surface area contributed by atoms with Crippen molar-refractivity contribution in [3.05, 3.63) is 22.2 Å². The molecule has 1 aliphatic heterocycles. The predicted molar refractivity (Wildman–Crippen MR) is 67.1 cm³/mol. The van der Waals surface area contributed by atoms with Crippen LogP contribution in [0, 0.1) is 0 Å². The summed E-state index contributed by atoms with van der Waals surface area (Å²) in [5, 5.41) is 13.5. The molecule has 1 aliphatic rings. The lowest BCUT2D eigenvalue weighted by Gasteiger charge is -2.15. The molecule has 0 amide bonds. The van der Waals surface area contributed by atoms with Gasteiger partial charge in [-0.3, -0.25) is 0 Å². The third-order valence-electron chi connectivity index (χ3n) is 3.02. The van der Waals surface area contributed by atoms with Crippen LogP contribution in [-0.2, 0) is 6.42 Å². The molecule has 2 rings (SSSR count). The van der Waals surface area contributed by atoms with E-state index in [9.17, 15) is 5.11 Å². The van der Waals surface area contributed by atoms with E-state index in [4.69, 9.17) is 4.74 Å². The van der Waals surface area contributed by atoms with Crippen LogP contribution in [0.5, 0.6) is 11.5 Å². The molecule has 0 radical (unpaired) electrons. The van der Waals surface area contributed by atoms with Crippen LogP contribution in [0.1, 0.15) is 18.4 Å². The zero-order valence-corrected chi connectivity index (χ0v) is 10.9. The number of phenolic OH excluding ortho intramolecular Hbond substituents is 1. The summed E-state index contributed by atoms with van der Waals surface area (Å²) in [7, 11) is 1.57. The van der Waals surface area contributed by atoms with Gasteiger partial charge < -0.3 is 15.2 Å². The highest BCUT2D eigenvalue weighted by atomic mass is 79.9. The molecule has 2 N–H and O–H groups in total. The third kappa shape index (κ3) is 2.33. The number of nitrogens with one attached hydrogen (secondary N) is 1. The summed E-state index contributed by atoms with van der Waals surface area (Å²) >= 11 is 3.47. The lowest BCUT2D eigenvalue weighted by molar-refractivity contribution is 0.369. The molecule has 0 aromatic heterocycles. The molecule has 0 aliphatic carbocycles. The van der Waals surface area contributed by atoms with Crippen molar-refractivity contribution in [3.8, 4) is 11.5 Å². The van der Waals surface area contributed by atoms with Gasteiger partial charge in [0.1, 0.15) is 0 Å². The molecule has 0 spiro atoms. The Morgan fingerprint density at radius 1 is 1.56 bits per heavy atom. The van der Waals surface area contributed by atoms with Crippen molar-refractivity contribution >= 4 is 15.9 Å². The minimum atomic E-state index is 0.255. The molecular formula is C12H16BrNO2. The summed E-state index contributed by atoms with van der Waals surface area (Å²) in [6.07, 6.45) is 3.22. The van der Waals surface area contributed by atoms with Crippen LogP contribution < -0.4 is 10.1 Å². The maximum atomic E-state index is 10.0. The first-order valence-electron chi connectivity index (χ1n) is 5.50. The fourth-order valence-corrected chi connectivity index (χ4v) is 2.61. The average molecular weight is 286 g/mol. The first kappa shape index (κ1) is 11.7. The third-order valence-corrected chi connectivity index (χ3v) is 3.76. The van der Waals surface area contributed by atoms with Gasteiger partial charge in [0.15, 0.2) is 11.5 Å². The zero-order valence-electron chi connectivity index (χ0n) is 9.29. The Kier molecular flexibility index (Phi) is 3.71. The van der Waals surface area contributed by atoms with E-state index in [-0.39, 0.29) is 5.75 Å². The van der Waals surface area contributed by atoms with Crippen LogP contribution in [0.25, 0.3) is 0 Å². The van der Waals surface area contributed by atoms with Gasteiger partial charge in [0.05, 0.1) is 7.11 Å². The molecule has 1 fully saturated rings. The Labute approximate surface area is 104 Å². The van der Waals surface area contributed by atoms with E-state index in [2.05, 4.69) is 21.2 Å². The van der Waals surface area contributed by atoms with Gasteiger partial charge in [-0.2, -0.15) is 0 Å². The van der Waals surface area contributed by atoms with Crippen molar-refractivity contribution < 1.29 is 9.84 Å². The Bertz CT molecular complexity index is 376. The van der Waals surface area contributed by atoms with Crippen molar-refractivity contribution in [2.45, 2.75) is 25.3 Å². The Hall–Kier alpha value is -0.740. The molecule has 1 aromatic rings. The van der Waals surface area contributed by atoms with Crippen LogP contribution in [0.15, 0.2) is 16.6 Å². The van der Waals surface area contributed by atoms with Crippen molar-refractivity contribution in [3.63, 3.8) is 0 Å². The van der Waals surface area contributed by atoms with Crippen LogP contribution in [0.4, 0.5) is 0 Å². The molecule has 1 atom stereocenters. The van der Waals surface area contributed by atoms with Crippen LogP contribution in [0.2, 0.25) is 0 Å². The first-order valence-corrected chi connectivity index (χ1v) is 6.29. The fourth-order valence-electron chi connectivity index (χ4n) is 2.13. The molecule has 1 unspecified atom stereocenters. The summed E-state index contributed by atoms with van der Waals surface area (Å²) < 4.78 is 6.06. The van der Waals surface area contributed by atoms with E-state index in [1.807, 2.05) is 6.07 Å². The second kappa shape index (κ2) is 5.06. The highest BCUT2D eigenvalue weighted by Gasteiger charge is 2.19. The molecule has 4 heteroatoms. The van der Waals surface area contributed by atoms with Gasteiger partial charge in [-0.15, -0.1) is 0 Å². The second-order valence-corrected chi connectivity index (χ2v) is 4.93. The lowest BCUT2D eigenvalue weighted by Crippen LogP contribution is -2.23. The van der Waals surface area contributed by atoms with Gasteiger partial charge in [-0.25, -0.2) is 0 Å². The van der Waals surface area contributed by atoms with E-state index < -0.39 is 0 Å². The summed E-state index contributed by atoms with van der Waals surface area (Å²) in [4.78, 5) is 0. The minimum Gasteiger partial charge on any atom is -0.504 e. The molecule has 1 heterocycles. The number of halogens is 1. The number of benzene rings is 1. The van der Waals surface area contributed by atoms with Crippen molar-refractivity contribution in [1.82, 2.24) is 5.32 Å². The fraction of sp³-hybridized carbons (Fsp3) is 0.500. The first-order chi connectivity index (χ1) is 7.72. The SMILES string of the molecule is COc1ccc(Br)c(CC2CCCN2)c1O. The minimum absolute atomic E-state index is 0.255. The quantitative estimate of drug-likeness (QED) is 0.897. The number of rotatable bonds is 3. The van der Waals surface area contributed by atoms with Crippen molar-refractivity contribution in [1.29, 1.82) is 0 Å². The number of ether oxygens (including phenoxy) is 1. The van der Waals surface area contributed by atoms with Crippen LogP contribution in [0.3, 0.4) is 0 Å². The Morgan fingerprint density at radius 3 is 3.00 bits per heavy atom. The average Bonchev–Trinajstić information content (AvgIpc) is 2.77. The van der Waals surface area contributed by atoms with Gasteiger partial charge >= 0.3 is 0 Å². The molecular weight excluding hydrogens is 270 g/mol. The summed E-state index contributed by atoms with van der Waals surface area (Å²) in [6, 6.07) is 4.16. The Balaban J connectivity index is 2.23. The molecule has 0 bridgehead atoms. The normalized spacial score (nSPS) is 20.0. The molecule has 16 heavy (non-hydrogen) atoms. The number of phenols is 1. The smallest absolute Gasteiger partial charge is 0.162 e. The topological polar surface area (TPSA) is 41.5 Å². The highest BCUT2D eigenvalue weighted by Crippen LogP contribution is 2.36. The van der Waals surface area contributed by atoms with Gasteiger partial charge in [-0.05, 0) is 37.9 Å². The molecule has 3 nitrogen and oxygen atoms in total. The number of hydrogen-bond acceptors (Lipinski definition) is 3. The van der Waals surface area contributed by atoms with Gasteiger partial charge in [0.25, 0.3) is 0 Å². The molecule has 1 aromatic carbocycles. The van der Waals surface area contributed by atoms with Crippen molar-refractivity contribution in [2.24, 2.45) is 0 Å². The van der Waals surface area contributed by atoms with E-state index in [1.165, 1.54) is 12.8 Å². The largest absolute Gasteiger partial charge is 0.504 e. The summed E-state index contributed by atoms with van der Waals surface area (Å²) in [5.41, 5.74) is 0.929. The molecule has 1 saturated heterocycles. The zero-order chi connectivity index (χ0) is 11.5. The Morgan fingerprint density at radius 2 is 2.38 bits per heavy atom. The molecule has 0 saturated carbocycles. The van der Waals surface area contributed by atoms with Crippen molar-refractivity contribution in [2.75, 3.05) is 13.7 Å². The van der Waals surface area contributed by atoms with Gasteiger partial charge in [0, 0.05) is 16.1 Å². The molecule has 88 valence electrons. The van der Waals surface area contributed by atoms with Crippen LogP contribution in [-0.4, -0.2) is 24.8 Å². The van der Waals surface area contributed by atoms with Gasteiger partial charge in [-0.1, -0.05) is 15.9 Å². The second-order valence-electron chi connectivity index (χ2n) is 4.07.